The fourth-order valence-electron chi connectivity index (χ4n) is 3.66. The summed E-state index contributed by atoms with van der Waals surface area (Å²) < 4.78 is 5.67. The van der Waals surface area contributed by atoms with Crippen LogP contribution in [0.15, 0.2) is 0 Å². The molecule has 0 bridgehead atoms. The van der Waals surface area contributed by atoms with Gasteiger partial charge in [0.1, 0.15) is 11.4 Å². The summed E-state index contributed by atoms with van der Waals surface area (Å²) in [6.07, 6.45) is 5.84. The van der Waals surface area contributed by atoms with E-state index in [-0.39, 0.29) is 11.7 Å². The molecule has 24 heavy (non-hydrogen) atoms. The maximum atomic E-state index is 11.7. The zero-order chi connectivity index (χ0) is 17.2. The Morgan fingerprint density at radius 2 is 2.21 bits per heavy atom. The summed E-state index contributed by atoms with van der Waals surface area (Å²) in [4.78, 5) is 23.6. The van der Waals surface area contributed by atoms with Crippen molar-refractivity contribution in [2.75, 3.05) is 26.7 Å². The number of aromatic amines is 1. The van der Waals surface area contributed by atoms with E-state index in [1.807, 2.05) is 7.05 Å². The maximum absolute atomic E-state index is 11.7. The monoisotopic (exact) mass is 354 g/mol. The predicted octanol–water partition coefficient (Wildman–Crippen LogP) is 3.21. The van der Waals surface area contributed by atoms with E-state index in [2.05, 4.69) is 21.8 Å². The highest BCUT2D eigenvalue weighted by atomic mass is 35.5. The number of aromatic nitrogens is 2. The fraction of sp³-hybridized carbons (Fsp3) is 0.765. The number of halogens is 1. The molecule has 7 heteroatoms. The van der Waals surface area contributed by atoms with E-state index in [4.69, 9.17) is 16.3 Å². The lowest BCUT2D eigenvalue weighted by atomic mass is 9.95. The molecule has 1 atom stereocenters. The van der Waals surface area contributed by atoms with Crippen LogP contribution in [-0.2, 0) is 17.7 Å². The number of carbonyl (C=O) groups excluding carboxylic acids is 1. The smallest absolute Gasteiger partial charge is 0.410 e. The van der Waals surface area contributed by atoms with Crippen LogP contribution in [0.1, 0.15) is 50.5 Å². The normalized spacial score (nSPS) is 25.3. The van der Waals surface area contributed by atoms with Gasteiger partial charge in [0.05, 0.1) is 12.2 Å². The molecule has 1 aromatic heterocycles. The number of likely N-dealkylation sites (N-methyl/N-ethyl adjacent to an activating group) is 1. The van der Waals surface area contributed by atoms with Crippen molar-refractivity contribution in [1.82, 2.24) is 19.8 Å². The molecular formula is C17H27ClN4O2. The summed E-state index contributed by atoms with van der Waals surface area (Å²) in [6.45, 7) is 5.54. The van der Waals surface area contributed by atoms with Crippen LogP contribution in [-0.4, -0.2) is 58.1 Å². The Bertz CT molecular complexity index is 591. The molecule has 1 aromatic rings. The number of H-pyrrole nitrogens is 1. The maximum Gasteiger partial charge on any atom is 0.410 e. The van der Waals surface area contributed by atoms with Gasteiger partial charge in [-0.05, 0) is 25.8 Å². The van der Waals surface area contributed by atoms with E-state index >= 15 is 0 Å². The third-order valence-corrected chi connectivity index (χ3v) is 5.37. The van der Waals surface area contributed by atoms with Gasteiger partial charge in [0, 0.05) is 33.0 Å². The number of hydrogen-bond acceptors (Lipinski definition) is 4. The van der Waals surface area contributed by atoms with Crippen molar-refractivity contribution in [2.24, 2.45) is 0 Å². The third-order valence-electron chi connectivity index (χ3n) is 5.06. The average Bonchev–Trinajstić information content (AvgIpc) is 2.94. The Labute approximate surface area is 148 Å². The van der Waals surface area contributed by atoms with Crippen LogP contribution in [0.2, 0.25) is 5.15 Å². The zero-order valence-electron chi connectivity index (χ0n) is 14.6. The van der Waals surface area contributed by atoms with E-state index in [0.717, 1.165) is 69.7 Å². The molecule has 6 nitrogen and oxygen atoms in total. The van der Waals surface area contributed by atoms with Crippen molar-refractivity contribution in [3.63, 3.8) is 0 Å². The number of nitrogens with zero attached hydrogens (tertiary/aromatic N) is 3. The molecule has 2 aliphatic rings. The Balaban J connectivity index is 1.59. The van der Waals surface area contributed by atoms with Crippen LogP contribution in [0.25, 0.3) is 0 Å². The lowest BCUT2D eigenvalue weighted by molar-refractivity contribution is 0.0442. The average molecular weight is 355 g/mol. The third kappa shape index (κ3) is 3.86. The van der Waals surface area contributed by atoms with Crippen molar-refractivity contribution in [3.05, 3.63) is 16.7 Å². The van der Waals surface area contributed by atoms with Gasteiger partial charge < -0.3 is 14.6 Å². The van der Waals surface area contributed by atoms with E-state index < -0.39 is 0 Å². The highest BCUT2D eigenvalue weighted by molar-refractivity contribution is 6.30. The number of aryl methyl sites for hydroxylation is 1. The number of rotatable bonds is 5. The van der Waals surface area contributed by atoms with Crippen LogP contribution >= 0.6 is 11.6 Å². The van der Waals surface area contributed by atoms with Crippen molar-refractivity contribution < 1.29 is 9.53 Å². The summed E-state index contributed by atoms with van der Waals surface area (Å²) in [5.74, 6) is 0.981. The predicted molar refractivity (Wildman–Crippen MR) is 93.2 cm³/mol. The summed E-state index contributed by atoms with van der Waals surface area (Å²) >= 11 is 6.30. The molecule has 0 saturated carbocycles. The van der Waals surface area contributed by atoms with Crippen LogP contribution < -0.4 is 0 Å². The Hall–Kier alpha value is -1.27. The zero-order valence-corrected chi connectivity index (χ0v) is 15.4. The first-order chi connectivity index (χ1) is 11.5. The van der Waals surface area contributed by atoms with Gasteiger partial charge in [0.2, 0.25) is 0 Å². The molecule has 0 aliphatic carbocycles. The van der Waals surface area contributed by atoms with Crippen LogP contribution in [0.3, 0.4) is 0 Å². The number of nitrogens with one attached hydrogen (secondary N) is 1. The molecule has 1 N–H and O–H groups in total. The van der Waals surface area contributed by atoms with Gasteiger partial charge in [0.25, 0.3) is 0 Å². The molecule has 3 rings (SSSR count). The molecule has 2 fully saturated rings. The lowest BCUT2D eigenvalue weighted by Crippen LogP contribution is -2.35. The molecule has 1 spiro atoms. The molecular weight excluding hydrogens is 328 g/mol. The van der Waals surface area contributed by atoms with Crippen molar-refractivity contribution in [2.45, 2.75) is 57.6 Å². The molecule has 3 heterocycles. The molecule has 2 aliphatic heterocycles. The largest absolute Gasteiger partial charge is 0.441 e. The topological polar surface area (TPSA) is 61.5 Å². The first-order valence-corrected chi connectivity index (χ1v) is 9.29. The Morgan fingerprint density at radius 3 is 2.92 bits per heavy atom. The quantitative estimate of drug-likeness (QED) is 0.882. The summed E-state index contributed by atoms with van der Waals surface area (Å²) in [5.41, 5.74) is 0.698. The van der Waals surface area contributed by atoms with Crippen molar-refractivity contribution in [1.29, 1.82) is 0 Å². The van der Waals surface area contributed by atoms with Gasteiger partial charge in [-0.3, -0.25) is 4.90 Å². The van der Waals surface area contributed by atoms with Gasteiger partial charge >= 0.3 is 6.09 Å². The molecule has 0 aromatic carbocycles. The van der Waals surface area contributed by atoms with Gasteiger partial charge in [-0.1, -0.05) is 24.9 Å². The number of carbonyl (C=O) groups is 1. The van der Waals surface area contributed by atoms with Crippen molar-refractivity contribution >= 4 is 17.7 Å². The fourth-order valence-corrected chi connectivity index (χ4v) is 3.87. The van der Waals surface area contributed by atoms with E-state index in [1.165, 1.54) is 0 Å². The number of amides is 1. The number of unbranched alkanes of at least 4 members (excludes halogenated alkanes) is 1. The Morgan fingerprint density at radius 1 is 1.38 bits per heavy atom. The Kier molecular flexibility index (Phi) is 5.35. The molecule has 0 unspecified atom stereocenters. The van der Waals surface area contributed by atoms with Crippen molar-refractivity contribution in [3.8, 4) is 0 Å². The SMILES string of the molecule is CCCCc1nc(Cl)c(CN2CCC[C@@]3(CC2)CN(C)C(=O)O3)[nH]1. The number of ether oxygens (including phenoxy) is 1. The minimum absolute atomic E-state index is 0.194. The molecule has 134 valence electrons. The summed E-state index contributed by atoms with van der Waals surface area (Å²) in [5, 5.41) is 0.590. The number of hydrogen-bond donors (Lipinski definition) is 1. The van der Waals surface area contributed by atoms with E-state index in [9.17, 15) is 4.79 Å². The van der Waals surface area contributed by atoms with Gasteiger partial charge in [-0.2, -0.15) is 0 Å². The van der Waals surface area contributed by atoms with E-state index in [1.54, 1.807) is 4.90 Å². The first kappa shape index (κ1) is 17.5. The van der Waals surface area contributed by atoms with Gasteiger partial charge in [-0.25, -0.2) is 9.78 Å². The first-order valence-electron chi connectivity index (χ1n) is 8.91. The van der Waals surface area contributed by atoms with Crippen LogP contribution in [0, 0.1) is 0 Å². The highest BCUT2D eigenvalue weighted by Gasteiger charge is 2.44. The second-order valence-electron chi connectivity index (χ2n) is 7.09. The van der Waals surface area contributed by atoms with Crippen LogP contribution in [0.5, 0.6) is 0 Å². The lowest BCUT2D eigenvalue weighted by Gasteiger charge is -2.25. The molecule has 2 saturated heterocycles. The summed E-state index contributed by atoms with van der Waals surface area (Å²) in [7, 11) is 1.81. The second-order valence-corrected chi connectivity index (χ2v) is 7.45. The molecule has 0 radical (unpaired) electrons. The standard InChI is InChI=1S/C17H27ClN4O2/c1-3-4-6-14-19-13(15(18)20-14)11-22-9-5-7-17(8-10-22)12-21(2)16(23)24-17/h3-12H2,1-2H3,(H,19,20)/t17-/m1/s1. The number of likely N-dealkylation sites (tertiary alicyclic amines) is 1. The minimum atomic E-state index is -0.301. The molecule has 1 amide bonds. The number of imidazole rings is 1. The van der Waals surface area contributed by atoms with Crippen LogP contribution in [0.4, 0.5) is 4.79 Å². The van der Waals surface area contributed by atoms with Gasteiger partial charge in [0.15, 0.2) is 5.15 Å². The van der Waals surface area contributed by atoms with Gasteiger partial charge in [-0.15, -0.1) is 0 Å². The highest BCUT2D eigenvalue weighted by Crippen LogP contribution is 2.33. The van der Waals surface area contributed by atoms with E-state index in [0.29, 0.717) is 11.7 Å². The summed E-state index contributed by atoms with van der Waals surface area (Å²) in [6, 6.07) is 0. The minimum Gasteiger partial charge on any atom is -0.441 e. The second kappa shape index (κ2) is 7.31.